The first-order valence-electron chi connectivity index (χ1n) is 8.77. The fourth-order valence-electron chi connectivity index (χ4n) is 3.39. The summed E-state index contributed by atoms with van der Waals surface area (Å²) < 4.78 is 1.56. The van der Waals surface area contributed by atoms with E-state index < -0.39 is 0 Å². The highest BCUT2D eigenvalue weighted by molar-refractivity contribution is 7.99. The number of hydrogen-bond donors (Lipinski definition) is 1. The van der Waals surface area contributed by atoms with Gasteiger partial charge in [-0.15, -0.1) is 11.3 Å². The maximum atomic E-state index is 12.6. The predicted molar refractivity (Wildman–Crippen MR) is 105 cm³/mol. The molecule has 2 aromatic heterocycles. The molecule has 5 nitrogen and oxygen atoms in total. The fraction of sp³-hybridized carbons (Fsp3) is 0.611. The average Bonchev–Trinajstić information content (AvgIpc) is 2.86. The SMILES string of the molecule is Cc1sc2nc(SCC(=O)NC3CCCCC3C)n(C)c(=O)c2c1C. The van der Waals surface area contributed by atoms with Crippen LogP contribution >= 0.6 is 23.1 Å². The van der Waals surface area contributed by atoms with Gasteiger partial charge in [0.2, 0.25) is 5.91 Å². The van der Waals surface area contributed by atoms with E-state index in [1.165, 1.54) is 31.0 Å². The number of fused-ring (bicyclic) bond motifs is 1. The molecule has 1 fully saturated rings. The van der Waals surface area contributed by atoms with E-state index in [1.54, 1.807) is 23.0 Å². The molecular weight excluding hydrogens is 354 g/mol. The van der Waals surface area contributed by atoms with Crippen LogP contribution in [-0.4, -0.2) is 27.3 Å². The summed E-state index contributed by atoms with van der Waals surface area (Å²) in [7, 11) is 1.73. The zero-order valence-electron chi connectivity index (χ0n) is 15.2. The van der Waals surface area contributed by atoms with E-state index in [2.05, 4.69) is 17.2 Å². The summed E-state index contributed by atoms with van der Waals surface area (Å²) in [5, 5.41) is 4.46. The van der Waals surface area contributed by atoms with Gasteiger partial charge in [0.25, 0.3) is 5.56 Å². The number of thioether (sulfide) groups is 1. The van der Waals surface area contributed by atoms with Crippen molar-refractivity contribution in [3.63, 3.8) is 0 Å². The molecule has 1 aliphatic carbocycles. The molecule has 7 heteroatoms. The maximum Gasteiger partial charge on any atom is 0.262 e. The Kier molecular flexibility index (Phi) is 5.53. The van der Waals surface area contributed by atoms with E-state index in [1.807, 2.05) is 13.8 Å². The number of aryl methyl sites for hydroxylation is 2. The number of hydrogen-bond acceptors (Lipinski definition) is 5. The van der Waals surface area contributed by atoms with Gasteiger partial charge in [-0.05, 0) is 38.2 Å². The van der Waals surface area contributed by atoms with E-state index in [9.17, 15) is 9.59 Å². The largest absolute Gasteiger partial charge is 0.352 e. The second-order valence-electron chi connectivity index (χ2n) is 6.95. The molecule has 0 aliphatic heterocycles. The predicted octanol–water partition coefficient (Wildman–Crippen LogP) is 3.40. The topological polar surface area (TPSA) is 64.0 Å². The van der Waals surface area contributed by atoms with Crippen LogP contribution in [0.4, 0.5) is 0 Å². The Morgan fingerprint density at radius 1 is 1.36 bits per heavy atom. The smallest absolute Gasteiger partial charge is 0.262 e. The second-order valence-corrected chi connectivity index (χ2v) is 9.09. The Morgan fingerprint density at radius 2 is 2.08 bits per heavy atom. The summed E-state index contributed by atoms with van der Waals surface area (Å²) in [6.07, 6.45) is 4.69. The lowest BCUT2D eigenvalue weighted by atomic mass is 9.86. The zero-order chi connectivity index (χ0) is 18.1. The van der Waals surface area contributed by atoms with Crippen LogP contribution < -0.4 is 10.9 Å². The first kappa shape index (κ1) is 18.5. The van der Waals surface area contributed by atoms with E-state index in [0.29, 0.717) is 22.2 Å². The van der Waals surface area contributed by atoms with Crippen molar-refractivity contribution in [3.05, 3.63) is 20.8 Å². The molecule has 3 rings (SSSR count). The minimum Gasteiger partial charge on any atom is -0.352 e. The monoisotopic (exact) mass is 379 g/mol. The molecule has 2 heterocycles. The molecule has 2 unspecified atom stereocenters. The van der Waals surface area contributed by atoms with Crippen LogP contribution in [0.5, 0.6) is 0 Å². The molecule has 2 aromatic rings. The Balaban J connectivity index is 1.71. The van der Waals surface area contributed by atoms with Gasteiger partial charge in [0.1, 0.15) is 4.83 Å². The first-order valence-corrected chi connectivity index (χ1v) is 10.6. The third-order valence-electron chi connectivity index (χ3n) is 5.16. The molecule has 0 spiro atoms. The lowest BCUT2D eigenvalue weighted by molar-refractivity contribution is -0.119. The van der Waals surface area contributed by atoms with Gasteiger partial charge in [-0.3, -0.25) is 14.2 Å². The second kappa shape index (κ2) is 7.50. The molecule has 0 radical (unpaired) electrons. The van der Waals surface area contributed by atoms with Crippen molar-refractivity contribution in [3.8, 4) is 0 Å². The number of nitrogens with zero attached hydrogens (tertiary/aromatic N) is 2. The van der Waals surface area contributed by atoms with Crippen molar-refractivity contribution in [1.82, 2.24) is 14.9 Å². The Hall–Kier alpha value is -1.34. The first-order chi connectivity index (χ1) is 11.9. The van der Waals surface area contributed by atoms with Gasteiger partial charge >= 0.3 is 0 Å². The Morgan fingerprint density at radius 3 is 2.80 bits per heavy atom. The van der Waals surface area contributed by atoms with Crippen LogP contribution in [0, 0.1) is 19.8 Å². The van der Waals surface area contributed by atoms with Crippen molar-refractivity contribution in [2.45, 2.75) is 57.7 Å². The summed E-state index contributed by atoms with van der Waals surface area (Å²) in [6.45, 7) is 6.17. The summed E-state index contributed by atoms with van der Waals surface area (Å²) in [4.78, 5) is 31.4. The van der Waals surface area contributed by atoms with Crippen molar-refractivity contribution in [2.75, 3.05) is 5.75 Å². The van der Waals surface area contributed by atoms with Gasteiger partial charge in [0.15, 0.2) is 5.16 Å². The average molecular weight is 380 g/mol. The normalized spacial score (nSPS) is 20.8. The number of rotatable bonds is 4. The van der Waals surface area contributed by atoms with Crippen molar-refractivity contribution < 1.29 is 4.79 Å². The standard InChI is InChI=1S/C18H25N3O2S2/c1-10-7-5-6-8-13(10)19-14(22)9-24-18-20-16-15(17(23)21(18)4)11(2)12(3)25-16/h10,13H,5-9H2,1-4H3,(H,19,22). The summed E-state index contributed by atoms with van der Waals surface area (Å²) >= 11 is 2.88. The molecule has 0 aromatic carbocycles. The van der Waals surface area contributed by atoms with Gasteiger partial charge < -0.3 is 5.32 Å². The third kappa shape index (κ3) is 3.77. The third-order valence-corrected chi connectivity index (χ3v) is 7.29. The van der Waals surface area contributed by atoms with Crippen LogP contribution in [0.25, 0.3) is 10.2 Å². The van der Waals surface area contributed by atoms with E-state index in [-0.39, 0.29) is 17.5 Å². The highest BCUT2D eigenvalue weighted by atomic mass is 32.2. The molecule has 1 amide bonds. The number of carbonyl (C=O) groups is 1. The molecule has 25 heavy (non-hydrogen) atoms. The fourth-order valence-corrected chi connectivity index (χ4v) is 5.25. The number of thiophene rings is 1. The molecule has 2 atom stereocenters. The van der Waals surface area contributed by atoms with Crippen molar-refractivity contribution >= 4 is 39.2 Å². The summed E-state index contributed by atoms with van der Waals surface area (Å²) in [5.74, 6) is 0.855. The quantitative estimate of drug-likeness (QED) is 0.653. The number of carbonyl (C=O) groups excluding carboxylic acids is 1. The van der Waals surface area contributed by atoms with Gasteiger partial charge in [-0.2, -0.15) is 0 Å². The van der Waals surface area contributed by atoms with Gasteiger partial charge in [0, 0.05) is 18.0 Å². The lowest BCUT2D eigenvalue weighted by Crippen LogP contribution is -2.41. The van der Waals surface area contributed by atoms with Crippen molar-refractivity contribution in [2.24, 2.45) is 13.0 Å². The van der Waals surface area contributed by atoms with Crippen molar-refractivity contribution in [1.29, 1.82) is 0 Å². The maximum absolute atomic E-state index is 12.6. The molecule has 1 N–H and O–H groups in total. The number of aromatic nitrogens is 2. The minimum absolute atomic E-state index is 0.0247. The van der Waals surface area contributed by atoms with Crippen LogP contribution in [0.2, 0.25) is 0 Å². The van der Waals surface area contributed by atoms with Crippen LogP contribution in [-0.2, 0) is 11.8 Å². The van der Waals surface area contributed by atoms with Crippen LogP contribution in [0.1, 0.15) is 43.0 Å². The molecular formula is C18H25N3O2S2. The highest BCUT2D eigenvalue weighted by Crippen LogP contribution is 2.28. The van der Waals surface area contributed by atoms with Gasteiger partial charge in [-0.1, -0.05) is 31.5 Å². The minimum atomic E-state index is -0.0318. The van der Waals surface area contributed by atoms with Gasteiger partial charge in [0.05, 0.1) is 11.1 Å². The summed E-state index contributed by atoms with van der Waals surface area (Å²) in [6, 6.07) is 0.281. The Bertz CT molecular complexity index is 856. The van der Waals surface area contributed by atoms with E-state index in [0.717, 1.165) is 21.7 Å². The summed E-state index contributed by atoms with van der Waals surface area (Å²) in [5.41, 5.74) is 0.976. The number of amides is 1. The van der Waals surface area contributed by atoms with Crippen LogP contribution in [0.15, 0.2) is 9.95 Å². The highest BCUT2D eigenvalue weighted by Gasteiger charge is 2.23. The van der Waals surface area contributed by atoms with E-state index >= 15 is 0 Å². The molecule has 1 saturated carbocycles. The number of nitrogens with one attached hydrogen (secondary N) is 1. The lowest BCUT2D eigenvalue weighted by Gasteiger charge is -2.29. The zero-order valence-corrected chi connectivity index (χ0v) is 16.9. The van der Waals surface area contributed by atoms with Gasteiger partial charge in [-0.25, -0.2) is 4.98 Å². The Labute approximate surface area is 156 Å². The van der Waals surface area contributed by atoms with E-state index in [4.69, 9.17) is 0 Å². The molecule has 0 saturated heterocycles. The van der Waals surface area contributed by atoms with Crippen LogP contribution in [0.3, 0.4) is 0 Å². The molecule has 136 valence electrons. The molecule has 0 bridgehead atoms. The molecule has 1 aliphatic rings.